The van der Waals surface area contributed by atoms with Gasteiger partial charge in [0, 0.05) is 26.2 Å². The number of amides is 2. The van der Waals surface area contributed by atoms with Crippen LogP contribution in [0.5, 0.6) is 0 Å². The smallest absolute Gasteiger partial charge is 0.313 e. The molecule has 0 atom stereocenters. The Morgan fingerprint density at radius 1 is 1.18 bits per heavy atom. The number of nitrogens with one attached hydrogen (secondary N) is 1. The second kappa shape index (κ2) is 7.79. The van der Waals surface area contributed by atoms with E-state index in [1.165, 1.54) is 4.90 Å². The average Bonchev–Trinajstić information content (AvgIpc) is 2.57. The van der Waals surface area contributed by atoms with Crippen LogP contribution in [0, 0.1) is 0 Å². The summed E-state index contributed by atoms with van der Waals surface area (Å²) in [7, 11) is 0. The van der Waals surface area contributed by atoms with Crippen molar-refractivity contribution < 1.29 is 14.3 Å². The molecule has 0 bridgehead atoms. The van der Waals surface area contributed by atoms with Crippen molar-refractivity contribution in [2.75, 3.05) is 49.6 Å². The molecule has 6 nitrogen and oxygen atoms in total. The van der Waals surface area contributed by atoms with Gasteiger partial charge in [0.2, 0.25) is 0 Å². The van der Waals surface area contributed by atoms with Crippen molar-refractivity contribution in [3.05, 3.63) is 24.3 Å². The molecule has 1 N–H and O–H groups in total. The van der Waals surface area contributed by atoms with Gasteiger partial charge in [-0.15, -0.1) is 0 Å². The van der Waals surface area contributed by atoms with Gasteiger partial charge in [-0.05, 0) is 26.0 Å². The van der Waals surface area contributed by atoms with Crippen molar-refractivity contribution in [3.8, 4) is 0 Å². The summed E-state index contributed by atoms with van der Waals surface area (Å²) in [6.07, 6.45) is 0. The molecule has 1 heterocycles. The molecule has 0 aliphatic carbocycles. The van der Waals surface area contributed by atoms with Gasteiger partial charge in [-0.25, -0.2) is 0 Å². The fourth-order valence-electron chi connectivity index (χ4n) is 2.49. The molecule has 0 aromatic heterocycles. The van der Waals surface area contributed by atoms with Crippen LogP contribution in [0.25, 0.3) is 0 Å². The van der Waals surface area contributed by atoms with E-state index in [0.717, 1.165) is 18.8 Å². The third kappa shape index (κ3) is 3.76. The Balaban J connectivity index is 2.12. The lowest BCUT2D eigenvalue weighted by atomic mass is 10.2. The van der Waals surface area contributed by atoms with Crippen LogP contribution in [0.4, 0.5) is 11.4 Å². The van der Waals surface area contributed by atoms with Crippen molar-refractivity contribution in [1.29, 1.82) is 0 Å². The van der Waals surface area contributed by atoms with Crippen LogP contribution in [0.3, 0.4) is 0 Å². The summed E-state index contributed by atoms with van der Waals surface area (Å²) >= 11 is 0. The van der Waals surface area contributed by atoms with Crippen LogP contribution in [0.15, 0.2) is 24.3 Å². The van der Waals surface area contributed by atoms with Gasteiger partial charge in [-0.1, -0.05) is 12.1 Å². The molecule has 1 aromatic carbocycles. The first kappa shape index (κ1) is 16.3. The SMILES string of the molecule is CCN(CC)C(=O)C(=O)Nc1ccccc1N1CCOCC1. The fourth-order valence-corrected chi connectivity index (χ4v) is 2.49. The minimum absolute atomic E-state index is 0.498. The normalized spacial score (nSPS) is 14.5. The van der Waals surface area contributed by atoms with Crippen LogP contribution >= 0.6 is 0 Å². The lowest BCUT2D eigenvalue weighted by Crippen LogP contribution is -2.40. The molecular weight excluding hydrogens is 282 g/mol. The highest BCUT2D eigenvalue weighted by Crippen LogP contribution is 2.26. The van der Waals surface area contributed by atoms with Gasteiger partial charge < -0.3 is 19.9 Å². The summed E-state index contributed by atoms with van der Waals surface area (Å²) in [6.45, 7) is 7.64. The number of para-hydroxylation sites is 2. The predicted molar refractivity (Wildman–Crippen MR) is 86.0 cm³/mol. The summed E-state index contributed by atoms with van der Waals surface area (Å²) in [4.78, 5) is 27.9. The molecule has 1 aliphatic rings. The summed E-state index contributed by atoms with van der Waals surface area (Å²) in [5.41, 5.74) is 1.58. The van der Waals surface area contributed by atoms with Gasteiger partial charge in [-0.3, -0.25) is 9.59 Å². The fraction of sp³-hybridized carbons (Fsp3) is 0.500. The number of morpholine rings is 1. The molecule has 0 radical (unpaired) electrons. The topological polar surface area (TPSA) is 61.9 Å². The van der Waals surface area contributed by atoms with Crippen molar-refractivity contribution >= 4 is 23.2 Å². The maximum atomic E-state index is 12.2. The second-order valence-corrected chi connectivity index (χ2v) is 5.05. The first-order valence-electron chi connectivity index (χ1n) is 7.69. The Kier molecular flexibility index (Phi) is 5.77. The van der Waals surface area contributed by atoms with E-state index in [0.29, 0.717) is 32.0 Å². The number of nitrogens with zero attached hydrogens (tertiary/aromatic N) is 2. The van der Waals surface area contributed by atoms with Crippen LogP contribution in [0.1, 0.15) is 13.8 Å². The number of carbonyl (C=O) groups is 2. The molecule has 6 heteroatoms. The number of hydrogen-bond acceptors (Lipinski definition) is 4. The van der Waals surface area contributed by atoms with Gasteiger partial charge in [0.1, 0.15) is 0 Å². The monoisotopic (exact) mass is 305 g/mol. The first-order chi connectivity index (χ1) is 10.7. The van der Waals surface area contributed by atoms with Crippen LogP contribution < -0.4 is 10.2 Å². The number of rotatable bonds is 4. The zero-order chi connectivity index (χ0) is 15.9. The van der Waals surface area contributed by atoms with Gasteiger partial charge in [0.25, 0.3) is 0 Å². The zero-order valence-electron chi connectivity index (χ0n) is 13.2. The lowest BCUT2D eigenvalue weighted by Gasteiger charge is -2.30. The molecular formula is C16H23N3O3. The van der Waals surface area contributed by atoms with Crippen LogP contribution in [-0.4, -0.2) is 56.1 Å². The zero-order valence-corrected chi connectivity index (χ0v) is 13.2. The van der Waals surface area contributed by atoms with Gasteiger partial charge in [0.15, 0.2) is 0 Å². The van der Waals surface area contributed by atoms with Crippen LogP contribution in [0.2, 0.25) is 0 Å². The molecule has 1 aromatic rings. The maximum absolute atomic E-state index is 12.2. The average molecular weight is 305 g/mol. The highest BCUT2D eigenvalue weighted by atomic mass is 16.5. The molecule has 1 saturated heterocycles. The van der Waals surface area contributed by atoms with Crippen molar-refractivity contribution in [1.82, 2.24) is 4.90 Å². The van der Waals surface area contributed by atoms with Crippen molar-refractivity contribution in [2.45, 2.75) is 13.8 Å². The Bertz CT molecular complexity index is 523. The summed E-state index contributed by atoms with van der Waals surface area (Å²) in [5.74, 6) is -1.09. The Hall–Kier alpha value is -2.08. The molecule has 2 rings (SSSR count). The van der Waals surface area contributed by atoms with Crippen LogP contribution in [-0.2, 0) is 14.3 Å². The van der Waals surface area contributed by atoms with Gasteiger partial charge in [-0.2, -0.15) is 0 Å². The maximum Gasteiger partial charge on any atom is 0.313 e. The molecule has 1 aliphatic heterocycles. The molecule has 2 amide bonds. The predicted octanol–water partition coefficient (Wildman–Crippen LogP) is 1.33. The number of likely N-dealkylation sites (N-methyl/N-ethyl adjacent to an activating group) is 1. The number of carbonyl (C=O) groups excluding carboxylic acids is 2. The highest BCUT2D eigenvalue weighted by molar-refractivity contribution is 6.39. The van der Waals surface area contributed by atoms with E-state index < -0.39 is 11.8 Å². The van der Waals surface area contributed by atoms with E-state index in [-0.39, 0.29) is 0 Å². The third-order valence-corrected chi connectivity index (χ3v) is 3.75. The van der Waals surface area contributed by atoms with E-state index in [4.69, 9.17) is 4.74 Å². The van der Waals surface area contributed by atoms with Crippen molar-refractivity contribution in [2.24, 2.45) is 0 Å². The largest absolute Gasteiger partial charge is 0.378 e. The molecule has 120 valence electrons. The highest BCUT2D eigenvalue weighted by Gasteiger charge is 2.21. The third-order valence-electron chi connectivity index (χ3n) is 3.75. The van der Waals surface area contributed by atoms with Crippen molar-refractivity contribution in [3.63, 3.8) is 0 Å². The number of anilines is 2. The van der Waals surface area contributed by atoms with E-state index in [1.807, 2.05) is 38.1 Å². The number of hydrogen-bond donors (Lipinski definition) is 1. The Morgan fingerprint density at radius 2 is 1.82 bits per heavy atom. The van der Waals surface area contributed by atoms with Gasteiger partial charge >= 0.3 is 11.8 Å². The van der Waals surface area contributed by atoms with Gasteiger partial charge in [0.05, 0.1) is 24.6 Å². The summed E-state index contributed by atoms with van der Waals surface area (Å²) in [6, 6.07) is 7.54. The number of ether oxygens (including phenoxy) is 1. The molecule has 1 fully saturated rings. The van der Waals surface area contributed by atoms with E-state index in [1.54, 1.807) is 0 Å². The quantitative estimate of drug-likeness (QED) is 0.853. The standard InChI is InChI=1S/C16H23N3O3/c1-3-18(4-2)16(21)15(20)17-13-7-5-6-8-14(13)19-9-11-22-12-10-19/h5-8H,3-4,9-12H2,1-2H3,(H,17,20). The first-order valence-corrected chi connectivity index (χ1v) is 7.69. The molecule has 22 heavy (non-hydrogen) atoms. The molecule has 0 spiro atoms. The second-order valence-electron chi connectivity index (χ2n) is 5.05. The summed E-state index contributed by atoms with van der Waals surface area (Å²) in [5, 5.41) is 2.74. The Morgan fingerprint density at radius 3 is 2.45 bits per heavy atom. The Labute approximate surface area is 131 Å². The van der Waals surface area contributed by atoms with E-state index in [2.05, 4.69) is 10.2 Å². The minimum atomic E-state index is -0.593. The van der Waals surface area contributed by atoms with E-state index >= 15 is 0 Å². The lowest BCUT2D eigenvalue weighted by molar-refractivity contribution is -0.142. The minimum Gasteiger partial charge on any atom is -0.378 e. The summed E-state index contributed by atoms with van der Waals surface area (Å²) < 4.78 is 5.35. The number of benzene rings is 1. The molecule has 0 unspecified atom stereocenters. The van der Waals surface area contributed by atoms with E-state index in [9.17, 15) is 9.59 Å². The molecule has 0 saturated carbocycles.